The molecule has 0 heterocycles. The van der Waals surface area contributed by atoms with Gasteiger partial charge in [0.15, 0.2) is 0 Å². The lowest BCUT2D eigenvalue weighted by atomic mass is 9.92. The Morgan fingerprint density at radius 1 is 1.19 bits per heavy atom. The van der Waals surface area contributed by atoms with Crippen molar-refractivity contribution in [2.75, 3.05) is 18.5 Å². The number of alkyl halides is 1. The van der Waals surface area contributed by atoms with Crippen LogP contribution in [0.4, 0.5) is 10.1 Å². The molecule has 0 saturated heterocycles. The van der Waals surface area contributed by atoms with Crippen molar-refractivity contribution < 1.29 is 14.0 Å². The van der Waals surface area contributed by atoms with E-state index in [2.05, 4.69) is 10.6 Å². The minimum Gasteiger partial charge on any atom is -0.353 e. The molecule has 116 valence electrons. The third-order valence-electron chi connectivity index (χ3n) is 3.38. The fraction of sp³-hybridized carbons (Fsp3) is 0.500. The Morgan fingerprint density at radius 3 is 2.43 bits per heavy atom. The molecule has 2 amide bonds. The Bertz CT molecular complexity index is 451. The summed E-state index contributed by atoms with van der Waals surface area (Å²) < 4.78 is 12.1. The molecule has 2 unspecified atom stereocenters. The van der Waals surface area contributed by atoms with Crippen molar-refractivity contribution in [1.82, 2.24) is 5.32 Å². The number of hydrogen-bond donors (Lipinski definition) is 2. The number of hydrogen-bond acceptors (Lipinski definition) is 2. The number of halogens is 1. The van der Waals surface area contributed by atoms with E-state index in [9.17, 15) is 14.0 Å². The molecule has 0 bridgehead atoms. The molecule has 4 nitrogen and oxygen atoms in total. The summed E-state index contributed by atoms with van der Waals surface area (Å²) in [5.41, 5.74) is 0.740. The number of amides is 2. The number of nitrogens with one attached hydrogen (secondary N) is 2. The van der Waals surface area contributed by atoms with E-state index in [-0.39, 0.29) is 30.2 Å². The van der Waals surface area contributed by atoms with Crippen molar-refractivity contribution in [1.29, 1.82) is 0 Å². The first-order valence-corrected chi connectivity index (χ1v) is 7.28. The van der Waals surface area contributed by atoms with Crippen LogP contribution in [0.25, 0.3) is 0 Å². The molecule has 0 fully saturated rings. The van der Waals surface area contributed by atoms with Crippen LogP contribution in [0, 0.1) is 11.8 Å². The first-order valence-electron chi connectivity index (χ1n) is 7.28. The molecule has 0 aliphatic carbocycles. The second kappa shape index (κ2) is 9.10. The first kappa shape index (κ1) is 17.1. The third-order valence-corrected chi connectivity index (χ3v) is 3.38. The van der Waals surface area contributed by atoms with Crippen LogP contribution in [0.2, 0.25) is 0 Å². The van der Waals surface area contributed by atoms with Crippen molar-refractivity contribution in [3.8, 4) is 0 Å². The third kappa shape index (κ3) is 5.94. The van der Waals surface area contributed by atoms with Gasteiger partial charge in [-0.3, -0.25) is 9.59 Å². The molecule has 0 radical (unpaired) electrons. The molecule has 1 rings (SSSR count). The topological polar surface area (TPSA) is 58.2 Å². The molecule has 2 N–H and O–H groups in total. The number of rotatable bonds is 8. The van der Waals surface area contributed by atoms with Gasteiger partial charge in [0.05, 0.1) is 0 Å². The average molecular weight is 294 g/mol. The number of benzene rings is 1. The van der Waals surface area contributed by atoms with Crippen LogP contribution in [0.3, 0.4) is 0 Å². The van der Waals surface area contributed by atoms with E-state index in [0.29, 0.717) is 12.8 Å². The fourth-order valence-corrected chi connectivity index (χ4v) is 2.09. The summed E-state index contributed by atoms with van der Waals surface area (Å²) in [6, 6.07) is 9.20. The number of anilines is 1. The maximum Gasteiger partial charge on any atom is 0.227 e. The van der Waals surface area contributed by atoms with Crippen LogP contribution in [0.1, 0.15) is 26.7 Å². The van der Waals surface area contributed by atoms with E-state index < -0.39 is 6.67 Å². The second-order valence-electron chi connectivity index (χ2n) is 5.08. The zero-order valence-corrected chi connectivity index (χ0v) is 12.6. The van der Waals surface area contributed by atoms with Crippen molar-refractivity contribution >= 4 is 17.5 Å². The van der Waals surface area contributed by atoms with E-state index >= 15 is 0 Å². The highest BCUT2D eigenvalue weighted by molar-refractivity contribution is 5.92. The molecule has 0 spiro atoms. The van der Waals surface area contributed by atoms with Gasteiger partial charge in [0.1, 0.15) is 6.67 Å². The van der Waals surface area contributed by atoms with E-state index in [0.717, 1.165) is 5.69 Å². The van der Waals surface area contributed by atoms with Crippen molar-refractivity contribution in [2.24, 2.45) is 11.8 Å². The van der Waals surface area contributed by atoms with Gasteiger partial charge < -0.3 is 10.6 Å². The van der Waals surface area contributed by atoms with E-state index in [1.165, 1.54) is 0 Å². The van der Waals surface area contributed by atoms with Gasteiger partial charge in [0.2, 0.25) is 11.8 Å². The molecule has 0 saturated carbocycles. The lowest BCUT2D eigenvalue weighted by molar-refractivity contribution is -0.126. The highest BCUT2D eigenvalue weighted by atomic mass is 19.1. The summed E-state index contributed by atoms with van der Waals surface area (Å²) in [4.78, 5) is 23.9. The second-order valence-corrected chi connectivity index (χ2v) is 5.08. The lowest BCUT2D eigenvalue weighted by Crippen LogP contribution is -2.34. The predicted molar refractivity (Wildman–Crippen MR) is 81.6 cm³/mol. The largest absolute Gasteiger partial charge is 0.353 e. The van der Waals surface area contributed by atoms with Crippen molar-refractivity contribution in [3.05, 3.63) is 30.3 Å². The molecule has 0 aliphatic heterocycles. The Kier molecular flexibility index (Phi) is 7.43. The van der Waals surface area contributed by atoms with Crippen LogP contribution >= 0.6 is 0 Å². The molecule has 0 aromatic heterocycles. The highest BCUT2D eigenvalue weighted by Crippen LogP contribution is 2.18. The first-order chi connectivity index (χ1) is 10.1. The molecular formula is C16H23FN2O2. The summed E-state index contributed by atoms with van der Waals surface area (Å²) in [6.07, 6.45) is 1.08. The standard InChI is InChI=1S/C16H23FN2O2/c1-3-13(16(21)18-10-9-17)11-12(2)15(20)19-14-7-5-4-6-8-14/h4-8,12-13H,3,9-11H2,1-2H3,(H,18,21)(H,19,20). The summed E-state index contributed by atoms with van der Waals surface area (Å²) in [7, 11) is 0. The summed E-state index contributed by atoms with van der Waals surface area (Å²) >= 11 is 0. The summed E-state index contributed by atoms with van der Waals surface area (Å²) in [5, 5.41) is 5.35. The number of carbonyl (C=O) groups is 2. The van der Waals surface area contributed by atoms with Gasteiger partial charge in [-0.15, -0.1) is 0 Å². The molecular weight excluding hydrogens is 271 g/mol. The Labute approximate surface area is 125 Å². The molecule has 5 heteroatoms. The van der Waals surface area contributed by atoms with E-state index in [1.807, 2.05) is 37.3 Å². The predicted octanol–water partition coefficient (Wildman–Crippen LogP) is 2.76. The molecule has 21 heavy (non-hydrogen) atoms. The van der Waals surface area contributed by atoms with Crippen LogP contribution < -0.4 is 10.6 Å². The molecule has 2 atom stereocenters. The molecule has 1 aromatic rings. The normalized spacial score (nSPS) is 13.3. The Balaban J connectivity index is 2.51. The minimum absolute atomic E-state index is 0.0277. The van der Waals surface area contributed by atoms with Crippen LogP contribution in [-0.2, 0) is 9.59 Å². The number of para-hydroxylation sites is 1. The van der Waals surface area contributed by atoms with E-state index in [1.54, 1.807) is 6.92 Å². The van der Waals surface area contributed by atoms with Gasteiger partial charge in [0.25, 0.3) is 0 Å². The highest BCUT2D eigenvalue weighted by Gasteiger charge is 2.23. The molecule has 1 aromatic carbocycles. The summed E-state index contributed by atoms with van der Waals surface area (Å²) in [6.45, 7) is 3.14. The minimum atomic E-state index is -0.577. The van der Waals surface area contributed by atoms with Crippen LogP contribution in [0.5, 0.6) is 0 Å². The van der Waals surface area contributed by atoms with Gasteiger partial charge in [0, 0.05) is 24.1 Å². The maximum atomic E-state index is 12.1. The Morgan fingerprint density at radius 2 is 1.86 bits per heavy atom. The smallest absolute Gasteiger partial charge is 0.227 e. The van der Waals surface area contributed by atoms with Crippen molar-refractivity contribution in [3.63, 3.8) is 0 Å². The average Bonchev–Trinajstić information content (AvgIpc) is 2.50. The van der Waals surface area contributed by atoms with Gasteiger partial charge in [-0.1, -0.05) is 32.0 Å². The van der Waals surface area contributed by atoms with Gasteiger partial charge in [-0.2, -0.15) is 0 Å². The zero-order valence-electron chi connectivity index (χ0n) is 12.6. The maximum absolute atomic E-state index is 12.1. The van der Waals surface area contributed by atoms with Gasteiger partial charge in [-0.25, -0.2) is 4.39 Å². The fourth-order valence-electron chi connectivity index (χ4n) is 2.09. The quantitative estimate of drug-likeness (QED) is 0.774. The Hall–Kier alpha value is -1.91. The summed E-state index contributed by atoms with van der Waals surface area (Å²) in [5.74, 6) is -0.855. The number of carbonyl (C=O) groups excluding carboxylic acids is 2. The van der Waals surface area contributed by atoms with Gasteiger partial charge >= 0.3 is 0 Å². The van der Waals surface area contributed by atoms with Crippen molar-refractivity contribution in [2.45, 2.75) is 26.7 Å². The zero-order chi connectivity index (χ0) is 15.7. The van der Waals surface area contributed by atoms with Crippen LogP contribution in [-0.4, -0.2) is 25.0 Å². The SMILES string of the molecule is CCC(CC(C)C(=O)Nc1ccccc1)C(=O)NCCF. The monoisotopic (exact) mass is 294 g/mol. The lowest BCUT2D eigenvalue weighted by Gasteiger charge is -2.19. The molecule has 0 aliphatic rings. The van der Waals surface area contributed by atoms with Gasteiger partial charge in [-0.05, 0) is 25.0 Å². The van der Waals surface area contributed by atoms with Crippen LogP contribution in [0.15, 0.2) is 30.3 Å². The van der Waals surface area contributed by atoms with E-state index in [4.69, 9.17) is 0 Å².